The molecule has 1 rings (SSSR count). The Morgan fingerprint density at radius 1 is 1.45 bits per heavy atom. The van der Waals surface area contributed by atoms with E-state index in [-0.39, 0.29) is 0 Å². The number of hydrogen-bond donors (Lipinski definition) is 0. The van der Waals surface area contributed by atoms with Gasteiger partial charge in [0.15, 0.2) is 0 Å². The Morgan fingerprint density at radius 2 is 2.18 bits per heavy atom. The Balaban J connectivity index is 2.33. The first-order chi connectivity index (χ1) is 5.43. The molecule has 2 heteroatoms. The van der Waals surface area contributed by atoms with Crippen molar-refractivity contribution in [1.82, 2.24) is 4.98 Å². The summed E-state index contributed by atoms with van der Waals surface area (Å²) in [6.07, 6.45) is 6.13. The zero-order chi connectivity index (χ0) is 7.94. The number of hydrogen-bond acceptors (Lipinski definition) is 2. The van der Waals surface area contributed by atoms with Gasteiger partial charge in [-0.05, 0) is 18.6 Å². The number of ether oxygens (including phenoxy) is 1. The van der Waals surface area contributed by atoms with Crippen LogP contribution < -0.4 is 4.74 Å². The summed E-state index contributed by atoms with van der Waals surface area (Å²) in [6.45, 7) is 4.29. The lowest BCUT2D eigenvalue weighted by atomic mass is 10.4. The Morgan fingerprint density at radius 3 is 2.82 bits per heavy atom. The van der Waals surface area contributed by atoms with Gasteiger partial charge >= 0.3 is 0 Å². The smallest absolute Gasteiger partial charge is 0.122 e. The molecule has 0 aliphatic rings. The Kier molecular flexibility index (Phi) is 3.19. The van der Waals surface area contributed by atoms with E-state index in [4.69, 9.17) is 4.74 Å². The van der Waals surface area contributed by atoms with Crippen LogP contribution in [0.1, 0.15) is 6.42 Å². The van der Waals surface area contributed by atoms with Gasteiger partial charge in [-0.15, -0.1) is 6.58 Å². The highest BCUT2D eigenvalue weighted by Gasteiger charge is 1.87. The molecule has 1 heterocycles. The molecule has 0 amide bonds. The summed E-state index contributed by atoms with van der Waals surface area (Å²) in [4.78, 5) is 3.87. The predicted molar refractivity (Wildman–Crippen MR) is 44.5 cm³/mol. The summed E-state index contributed by atoms with van der Waals surface area (Å²) in [7, 11) is 0. The second-order valence-corrected chi connectivity index (χ2v) is 2.11. The van der Waals surface area contributed by atoms with E-state index in [0.29, 0.717) is 6.61 Å². The van der Waals surface area contributed by atoms with Gasteiger partial charge in [-0.3, -0.25) is 4.98 Å². The molecule has 0 aromatic carbocycles. The summed E-state index contributed by atoms with van der Waals surface area (Å²) >= 11 is 0. The van der Waals surface area contributed by atoms with Gasteiger partial charge in [-0.25, -0.2) is 0 Å². The van der Waals surface area contributed by atoms with Crippen molar-refractivity contribution < 1.29 is 4.74 Å². The Bertz CT molecular complexity index is 208. The van der Waals surface area contributed by atoms with Crippen LogP contribution in [0.5, 0.6) is 5.75 Å². The maximum absolute atomic E-state index is 5.34. The van der Waals surface area contributed by atoms with Crippen LogP contribution >= 0.6 is 0 Å². The highest BCUT2D eigenvalue weighted by Crippen LogP contribution is 2.06. The molecule has 0 aliphatic carbocycles. The molecular formula is C9H11NO. The van der Waals surface area contributed by atoms with Crippen molar-refractivity contribution in [2.45, 2.75) is 6.42 Å². The van der Waals surface area contributed by atoms with E-state index in [1.807, 2.05) is 18.2 Å². The third kappa shape index (κ3) is 2.85. The van der Waals surface area contributed by atoms with E-state index in [9.17, 15) is 0 Å². The lowest BCUT2D eigenvalue weighted by molar-refractivity contribution is 0.324. The lowest BCUT2D eigenvalue weighted by Crippen LogP contribution is -1.94. The van der Waals surface area contributed by atoms with Gasteiger partial charge in [0.1, 0.15) is 5.75 Å². The van der Waals surface area contributed by atoms with Crippen LogP contribution in [-0.4, -0.2) is 11.6 Å². The molecule has 0 saturated heterocycles. The Labute approximate surface area is 66.5 Å². The zero-order valence-corrected chi connectivity index (χ0v) is 6.36. The molecule has 0 N–H and O–H groups in total. The van der Waals surface area contributed by atoms with Gasteiger partial charge in [-0.1, -0.05) is 6.08 Å². The van der Waals surface area contributed by atoms with Crippen molar-refractivity contribution in [3.8, 4) is 5.75 Å². The summed E-state index contributed by atoms with van der Waals surface area (Å²) in [5.74, 6) is 0.863. The van der Waals surface area contributed by atoms with Crippen LogP contribution in [-0.2, 0) is 0 Å². The third-order valence-electron chi connectivity index (χ3n) is 1.24. The van der Waals surface area contributed by atoms with Crippen LogP contribution in [0, 0.1) is 0 Å². The normalized spacial score (nSPS) is 9.09. The van der Waals surface area contributed by atoms with Crippen molar-refractivity contribution >= 4 is 0 Å². The quantitative estimate of drug-likeness (QED) is 0.482. The maximum Gasteiger partial charge on any atom is 0.122 e. The van der Waals surface area contributed by atoms with Crippen LogP contribution in [0.4, 0.5) is 0 Å². The molecule has 0 atom stereocenters. The van der Waals surface area contributed by atoms with E-state index < -0.39 is 0 Å². The molecule has 1 aromatic heterocycles. The number of pyridine rings is 1. The molecule has 0 bridgehead atoms. The molecule has 2 nitrogen and oxygen atoms in total. The molecule has 58 valence electrons. The lowest BCUT2D eigenvalue weighted by Gasteiger charge is -2.01. The first kappa shape index (κ1) is 7.79. The number of rotatable bonds is 4. The average Bonchev–Trinajstić information content (AvgIpc) is 2.07. The van der Waals surface area contributed by atoms with Crippen LogP contribution in [0.2, 0.25) is 0 Å². The zero-order valence-electron chi connectivity index (χ0n) is 6.36. The van der Waals surface area contributed by atoms with Gasteiger partial charge in [0.05, 0.1) is 6.61 Å². The van der Waals surface area contributed by atoms with E-state index in [2.05, 4.69) is 11.6 Å². The topological polar surface area (TPSA) is 22.1 Å². The fourth-order valence-electron chi connectivity index (χ4n) is 0.695. The van der Waals surface area contributed by atoms with Crippen LogP contribution in [0.15, 0.2) is 37.2 Å². The molecule has 1 aromatic rings. The van der Waals surface area contributed by atoms with Crippen molar-refractivity contribution in [2.75, 3.05) is 6.61 Å². The number of aromatic nitrogens is 1. The SMILES string of the molecule is C=CCCOc1ccncc1. The van der Waals surface area contributed by atoms with Gasteiger partial charge in [0, 0.05) is 12.4 Å². The van der Waals surface area contributed by atoms with E-state index >= 15 is 0 Å². The van der Waals surface area contributed by atoms with Crippen molar-refractivity contribution in [3.05, 3.63) is 37.2 Å². The van der Waals surface area contributed by atoms with Gasteiger partial charge in [0.25, 0.3) is 0 Å². The molecule has 0 aliphatic heterocycles. The predicted octanol–water partition coefficient (Wildman–Crippen LogP) is 2.04. The molecule has 0 unspecified atom stereocenters. The summed E-state index contributed by atoms with van der Waals surface area (Å²) in [6, 6.07) is 3.67. The van der Waals surface area contributed by atoms with Crippen molar-refractivity contribution in [3.63, 3.8) is 0 Å². The van der Waals surface area contributed by atoms with Crippen molar-refractivity contribution in [1.29, 1.82) is 0 Å². The first-order valence-corrected chi connectivity index (χ1v) is 3.57. The maximum atomic E-state index is 5.34. The largest absolute Gasteiger partial charge is 0.493 e. The summed E-state index contributed by atoms with van der Waals surface area (Å²) < 4.78 is 5.34. The van der Waals surface area contributed by atoms with Crippen LogP contribution in [0.25, 0.3) is 0 Å². The van der Waals surface area contributed by atoms with E-state index in [1.54, 1.807) is 12.4 Å². The fourth-order valence-corrected chi connectivity index (χ4v) is 0.695. The molecular weight excluding hydrogens is 138 g/mol. The minimum Gasteiger partial charge on any atom is -0.493 e. The van der Waals surface area contributed by atoms with Gasteiger partial charge in [-0.2, -0.15) is 0 Å². The fraction of sp³-hybridized carbons (Fsp3) is 0.222. The number of nitrogens with zero attached hydrogens (tertiary/aromatic N) is 1. The molecule has 0 radical (unpaired) electrons. The minimum absolute atomic E-state index is 0.688. The second-order valence-electron chi connectivity index (χ2n) is 2.11. The van der Waals surface area contributed by atoms with Crippen molar-refractivity contribution in [2.24, 2.45) is 0 Å². The standard InChI is InChI=1S/C9H11NO/c1-2-3-8-11-9-4-6-10-7-5-9/h2,4-7H,1,3,8H2. The van der Waals surface area contributed by atoms with E-state index in [1.165, 1.54) is 0 Å². The van der Waals surface area contributed by atoms with E-state index in [0.717, 1.165) is 12.2 Å². The summed E-state index contributed by atoms with van der Waals surface area (Å²) in [5.41, 5.74) is 0. The van der Waals surface area contributed by atoms with Gasteiger partial charge in [0.2, 0.25) is 0 Å². The van der Waals surface area contributed by atoms with Gasteiger partial charge < -0.3 is 4.74 Å². The summed E-state index contributed by atoms with van der Waals surface area (Å²) in [5, 5.41) is 0. The highest BCUT2D eigenvalue weighted by atomic mass is 16.5. The molecule has 0 spiro atoms. The van der Waals surface area contributed by atoms with Crippen LogP contribution in [0.3, 0.4) is 0 Å². The average molecular weight is 149 g/mol. The molecule has 0 fully saturated rings. The highest BCUT2D eigenvalue weighted by molar-refractivity contribution is 5.16. The minimum atomic E-state index is 0.688. The first-order valence-electron chi connectivity index (χ1n) is 3.57. The third-order valence-corrected chi connectivity index (χ3v) is 1.24. The second kappa shape index (κ2) is 4.50. The molecule has 11 heavy (non-hydrogen) atoms. The Hall–Kier alpha value is -1.31. The monoisotopic (exact) mass is 149 g/mol. The molecule has 0 saturated carbocycles.